The van der Waals surface area contributed by atoms with Gasteiger partial charge in [0.1, 0.15) is 0 Å². The first-order valence-electron chi connectivity index (χ1n) is 8.70. The van der Waals surface area contributed by atoms with Crippen molar-refractivity contribution in [2.75, 3.05) is 39.4 Å². The Morgan fingerprint density at radius 3 is 2.68 bits per heavy atom. The Morgan fingerprint density at radius 1 is 1.36 bits per heavy atom. The normalized spacial score (nSPS) is 24.5. The SMILES string of the molecule is C[C@H](C(=O)N(CCC#N)C[C@H]1CCOC1)N1CCCCCC1. The quantitative estimate of drug-likeness (QED) is 0.753. The molecule has 2 aliphatic heterocycles. The number of likely N-dealkylation sites (tertiary alicyclic amines) is 1. The zero-order valence-electron chi connectivity index (χ0n) is 13.8. The highest BCUT2D eigenvalue weighted by atomic mass is 16.5. The molecule has 0 saturated carbocycles. The highest BCUT2D eigenvalue weighted by Crippen LogP contribution is 2.17. The van der Waals surface area contributed by atoms with E-state index in [1.165, 1.54) is 25.7 Å². The predicted molar refractivity (Wildman–Crippen MR) is 85.2 cm³/mol. The number of amides is 1. The zero-order chi connectivity index (χ0) is 15.8. The first kappa shape index (κ1) is 17.2. The monoisotopic (exact) mass is 307 g/mol. The highest BCUT2D eigenvalue weighted by Gasteiger charge is 2.28. The van der Waals surface area contributed by atoms with Crippen LogP contribution in [-0.4, -0.2) is 61.1 Å². The fourth-order valence-corrected chi connectivity index (χ4v) is 3.42. The topological polar surface area (TPSA) is 56.6 Å². The zero-order valence-corrected chi connectivity index (χ0v) is 13.8. The molecule has 0 bridgehead atoms. The van der Waals surface area contributed by atoms with Gasteiger partial charge < -0.3 is 9.64 Å². The lowest BCUT2D eigenvalue weighted by Crippen LogP contribution is -2.49. The smallest absolute Gasteiger partial charge is 0.239 e. The third-order valence-electron chi connectivity index (χ3n) is 4.85. The van der Waals surface area contributed by atoms with Gasteiger partial charge in [0.25, 0.3) is 0 Å². The van der Waals surface area contributed by atoms with Gasteiger partial charge in [-0.15, -0.1) is 0 Å². The standard InChI is InChI=1S/C17H29N3O2/c1-15(19-9-4-2-3-5-10-19)17(21)20(11-6-8-18)13-16-7-12-22-14-16/h15-16H,2-7,9-14H2,1H3/t15-,16-/m1/s1. The van der Waals surface area contributed by atoms with E-state index in [9.17, 15) is 4.79 Å². The molecule has 2 aliphatic rings. The summed E-state index contributed by atoms with van der Waals surface area (Å²) in [4.78, 5) is 17.1. The molecule has 0 spiro atoms. The Bertz CT molecular complexity index is 380. The predicted octanol–water partition coefficient (Wildman–Crippen LogP) is 2.03. The number of carbonyl (C=O) groups excluding carboxylic acids is 1. The maximum absolute atomic E-state index is 12.9. The minimum absolute atomic E-state index is 0.0703. The van der Waals surface area contributed by atoms with Gasteiger partial charge >= 0.3 is 0 Å². The van der Waals surface area contributed by atoms with Crippen LogP contribution in [0.3, 0.4) is 0 Å². The van der Waals surface area contributed by atoms with Crippen LogP contribution in [0.1, 0.15) is 45.4 Å². The fourth-order valence-electron chi connectivity index (χ4n) is 3.42. The Kier molecular flexibility index (Phi) is 7.14. The minimum atomic E-state index is -0.0703. The highest BCUT2D eigenvalue weighted by molar-refractivity contribution is 5.81. The molecule has 5 nitrogen and oxygen atoms in total. The molecule has 2 heterocycles. The summed E-state index contributed by atoms with van der Waals surface area (Å²) in [6.07, 6.45) is 6.35. The Hall–Kier alpha value is -1.12. The van der Waals surface area contributed by atoms with Crippen molar-refractivity contribution in [3.05, 3.63) is 0 Å². The van der Waals surface area contributed by atoms with Crippen molar-refractivity contribution in [1.29, 1.82) is 5.26 Å². The molecule has 0 aromatic carbocycles. The average molecular weight is 307 g/mol. The molecule has 22 heavy (non-hydrogen) atoms. The van der Waals surface area contributed by atoms with Gasteiger partial charge in [-0.1, -0.05) is 12.8 Å². The molecule has 2 fully saturated rings. The van der Waals surface area contributed by atoms with E-state index in [1.54, 1.807) is 0 Å². The minimum Gasteiger partial charge on any atom is -0.381 e. The number of ether oxygens (including phenoxy) is 1. The molecule has 0 N–H and O–H groups in total. The van der Waals surface area contributed by atoms with Crippen molar-refractivity contribution < 1.29 is 9.53 Å². The summed E-state index contributed by atoms with van der Waals surface area (Å²) in [5.74, 6) is 0.614. The van der Waals surface area contributed by atoms with Crippen LogP contribution in [0.2, 0.25) is 0 Å². The Labute approximate surface area is 134 Å². The van der Waals surface area contributed by atoms with Gasteiger partial charge in [0.2, 0.25) is 5.91 Å². The second-order valence-corrected chi connectivity index (χ2v) is 6.55. The summed E-state index contributed by atoms with van der Waals surface area (Å²) < 4.78 is 5.42. The van der Waals surface area contributed by atoms with Crippen LogP contribution in [0.5, 0.6) is 0 Å². The number of nitrogens with zero attached hydrogens (tertiary/aromatic N) is 3. The molecule has 0 aromatic rings. The summed E-state index contributed by atoms with van der Waals surface area (Å²) in [7, 11) is 0. The van der Waals surface area contributed by atoms with E-state index < -0.39 is 0 Å². The molecule has 2 atom stereocenters. The molecule has 1 amide bonds. The summed E-state index contributed by atoms with van der Waals surface area (Å²) in [6.45, 7) is 6.89. The van der Waals surface area contributed by atoms with Crippen LogP contribution in [0, 0.1) is 17.2 Å². The molecular weight excluding hydrogens is 278 g/mol. The lowest BCUT2D eigenvalue weighted by atomic mass is 10.1. The van der Waals surface area contributed by atoms with Crippen molar-refractivity contribution >= 4 is 5.91 Å². The molecule has 2 saturated heterocycles. The number of rotatable bonds is 6. The lowest BCUT2D eigenvalue weighted by molar-refractivity contribution is -0.137. The van der Waals surface area contributed by atoms with E-state index in [4.69, 9.17) is 10.00 Å². The number of carbonyl (C=O) groups is 1. The second-order valence-electron chi connectivity index (χ2n) is 6.55. The Balaban J connectivity index is 1.94. The van der Waals surface area contributed by atoms with Crippen LogP contribution in [0.4, 0.5) is 0 Å². The number of nitriles is 1. The van der Waals surface area contributed by atoms with E-state index in [-0.39, 0.29) is 11.9 Å². The molecule has 0 aromatic heterocycles. The summed E-state index contributed by atoms with van der Waals surface area (Å²) in [6, 6.07) is 2.10. The van der Waals surface area contributed by atoms with Crippen LogP contribution in [-0.2, 0) is 9.53 Å². The van der Waals surface area contributed by atoms with Crippen LogP contribution in [0.25, 0.3) is 0 Å². The average Bonchev–Trinajstić information content (AvgIpc) is 2.89. The molecule has 124 valence electrons. The van der Waals surface area contributed by atoms with Gasteiger partial charge in [-0.05, 0) is 39.3 Å². The molecule has 2 rings (SSSR count). The van der Waals surface area contributed by atoms with Gasteiger partial charge in [-0.25, -0.2) is 0 Å². The molecular formula is C17H29N3O2. The van der Waals surface area contributed by atoms with Crippen molar-refractivity contribution in [3.8, 4) is 6.07 Å². The third-order valence-corrected chi connectivity index (χ3v) is 4.85. The maximum atomic E-state index is 12.9. The van der Waals surface area contributed by atoms with Gasteiger partial charge in [-0.3, -0.25) is 9.69 Å². The molecule has 0 unspecified atom stereocenters. The second kappa shape index (κ2) is 9.12. The van der Waals surface area contributed by atoms with Gasteiger partial charge in [0.05, 0.1) is 25.1 Å². The van der Waals surface area contributed by atoms with Crippen LogP contribution < -0.4 is 0 Å². The van der Waals surface area contributed by atoms with Crippen molar-refractivity contribution in [2.45, 2.75) is 51.5 Å². The fraction of sp³-hybridized carbons (Fsp3) is 0.882. The van der Waals surface area contributed by atoms with E-state index in [1.807, 2.05) is 11.8 Å². The van der Waals surface area contributed by atoms with Gasteiger partial charge in [-0.2, -0.15) is 5.26 Å². The largest absolute Gasteiger partial charge is 0.381 e. The lowest BCUT2D eigenvalue weighted by Gasteiger charge is -2.33. The summed E-state index contributed by atoms with van der Waals surface area (Å²) in [5, 5.41) is 8.86. The van der Waals surface area contributed by atoms with Crippen LogP contribution in [0.15, 0.2) is 0 Å². The molecule has 0 radical (unpaired) electrons. The maximum Gasteiger partial charge on any atom is 0.239 e. The van der Waals surface area contributed by atoms with E-state index in [0.29, 0.717) is 18.9 Å². The molecule has 0 aliphatic carbocycles. The van der Waals surface area contributed by atoms with Gasteiger partial charge in [0, 0.05) is 25.6 Å². The van der Waals surface area contributed by atoms with Crippen molar-refractivity contribution in [1.82, 2.24) is 9.80 Å². The van der Waals surface area contributed by atoms with Crippen LogP contribution >= 0.6 is 0 Å². The first-order chi connectivity index (χ1) is 10.7. The number of hydrogen-bond donors (Lipinski definition) is 0. The van der Waals surface area contributed by atoms with E-state index in [0.717, 1.165) is 39.3 Å². The summed E-state index contributed by atoms with van der Waals surface area (Å²) >= 11 is 0. The van der Waals surface area contributed by atoms with Crippen molar-refractivity contribution in [2.24, 2.45) is 5.92 Å². The van der Waals surface area contributed by atoms with Crippen molar-refractivity contribution in [3.63, 3.8) is 0 Å². The van der Waals surface area contributed by atoms with E-state index in [2.05, 4.69) is 11.0 Å². The van der Waals surface area contributed by atoms with Gasteiger partial charge in [0.15, 0.2) is 0 Å². The third kappa shape index (κ3) is 4.96. The summed E-state index contributed by atoms with van der Waals surface area (Å²) in [5.41, 5.74) is 0. The first-order valence-corrected chi connectivity index (χ1v) is 8.70. The molecule has 5 heteroatoms. The van der Waals surface area contributed by atoms with E-state index >= 15 is 0 Å². The number of hydrogen-bond acceptors (Lipinski definition) is 4. The Morgan fingerprint density at radius 2 is 2.09 bits per heavy atom.